The lowest BCUT2D eigenvalue weighted by molar-refractivity contribution is -0.133. The predicted octanol–water partition coefficient (Wildman–Crippen LogP) is 3.19. The van der Waals surface area contributed by atoms with E-state index in [0.717, 1.165) is 25.0 Å². The van der Waals surface area contributed by atoms with Gasteiger partial charge >= 0.3 is 0 Å². The van der Waals surface area contributed by atoms with Crippen LogP contribution in [0.2, 0.25) is 0 Å². The van der Waals surface area contributed by atoms with Gasteiger partial charge in [0.2, 0.25) is 12.7 Å². The first-order chi connectivity index (χ1) is 14.5. The number of carbonyl (C=O) groups excluding carboxylic acids is 2. The molecule has 2 heterocycles. The molecule has 0 radical (unpaired) electrons. The monoisotopic (exact) mass is 411 g/mol. The smallest absolute Gasteiger partial charge is 0.254 e. The van der Waals surface area contributed by atoms with Gasteiger partial charge in [-0.2, -0.15) is 0 Å². The van der Waals surface area contributed by atoms with E-state index in [9.17, 15) is 9.59 Å². The third kappa shape index (κ3) is 4.15. The number of aryl methyl sites for hydroxylation is 1. The molecule has 1 aromatic carbocycles. The maximum atomic E-state index is 13.3. The molecule has 0 spiro atoms. The van der Waals surface area contributed by atoms with Crippen LogP contribution >= 0.6 is 0 Å². The molecule has 2 aliphatic rings. The van der Waals surface area contributed by atoms with E-state index in [1.807, 2.05) is 48.7 Å². The first kappa shape index (κ1) is 20.3. The van der Waals surface area contributed by atoms with Crippen molar-refractivity contribution < 1.29 is 19.1 Å². The standard InChI is InChI=1S/C23H29N3O4/c1-4-16(2)25(23(28)17-7-10-20-21(12-17)30-15-29-20)14-22(27)26(18-8-9-18)13-19-6-5-11-24(19)3/h5-7,10-12,16,18H,4,8-9,13-15H2,1-3H3/t16-/m0/s1. The summed E-state index contributed by atoms with van der Waals surface area (Å²) in [6, 6.07) is 9.42. The van der Waals surface area contributed by atoms with Gasteiger partial charge in [-0.3, -0.25) is 9.59 Å². The summed E-state index contributed by atoms with van der Waals surface area (Å²) >= 11 is 0. The minimum atomic E-state index is -0.161. The molecule has 2 amide bonds. The molecule has 7 nitrogen and oxygen atoms in total. The van der Waals surface area contributed by atoms with Gasteiger partial charge < -0.3 is 23.8 Å². The van der Waals surface area contributed by atoms with E-state index in [0.29, 0.717) is 23.6 Å². The van der Waals surface area contributed by atoms with Gasteiger partial charge in [0.15, 0.2) is 11.5 Å². The molecule has 1 aliphatic carbocycles. The van der Waals surface area contributed by atoms with Gasteiger partial charge in [0.05, 0.1) is 6.54 Å². The van der Waals surface area contributed by atoms with Crippen molar-refractivity contribution in [1.29, 1.82) is 0 Å². The lowest BCUT2D eigenvalue weighted by Crippen LogP contribution is -2.47. The quantitative estimate of drug-likeness (QED) is 0.669. The van der Waals surface area contributed by atoms with E-state index in [4.69, 9.17) is 9.47 Å². The summed E-state index contributed by atoms with van der Waals surface area (Å²) in [4.78, 5) is 30.2. The zero-order valence-corrected chi connectivity index (χ0v) is 17.8. The lowest BCUT2D eigenvalue weighted by atomic mass is 10.1. The average molecular weight is 412 g/mol. The second-order valence-corrected chi connectivity index (χ2v) is 8.12. The Morgan fingerprint density at radius 3 is 2.63 bits per heavy atom. The van der Waals surface area contributed by atoms with Gasteiger partial charge in [0.1, 0.15) is 6.54 Å². The zero-order valence-electron chi connectivity index (χ0n) is 17.8. The Morgan fingerprint density at radius 2 is 1.97 bits per heavy atom. The summed E-state index contributed by atoms with van der Waals surface area (Å²) in [6.07, 6.45) is 4.80. The molecule has 1 aromatic heterocycles. The van der Waals surface area contributed by atoms with Crippen LogP contribution in [0.3, 0.4) is 0 Å². The van der Waals surface area contributed by atoms with Crippen LogP contribution in [-0.2, 0) is 18.4 Å². The molecule has 160 valence electrons. The third-order valence-electron chi connectivity index (χ3n) is 6.00. The molecule has 30 heavy (non-hydrogen) atoms. The van der Waals surface area contributed by atoms with Crippen LogP contribution in [0.4, 0.5) is 0 Å². The predicted molar refractivity (Wildman–Crippen MR) is 112 cm³/mol. The Balaban J connectivity index is 1.52. The molecule has 1 aliphatic heterocycles. The molecule has 0 bridgehead atoms. The molecule has 4 rings (SSSR count). The van der Waals surface area contributed by atoms with E-state index in [2.05, 4.69) is 0 Å². The second kappa shape index (κ2) is 8.42. The first-order valence-corrected chi connectivity index (χ1v) is 10.6. The largest absolute Gasteiger partial charge is 0.454 e. The van der Waals surface area contributed by atoms with E-state index in [1.165, 1.54) is 0 Å². The lowest BCUT2D eigenvalue weighted by Gasteiger charge is -2.31. The molecule has 1 saturated carbocycles. The van der Waals surface area contributed by atoms with Crippen LogP contribution in [0.15, 0.2) is 36.5 Å². The summed E-state index contributed by atoms with van der Waals surface area (Å²) < 4.78 is 12.8. The Kier molecular flexibility index (Phi) is 5.70. The van der Waals surface area contributed by atoms with Crippen LogP contribution in [0.5, 0.6) is 11.5 Å². The van der Waals surface area contributed by atoms with E-state index >= 15 is 0 Å². The molecule has 2 aromatic rings. The first-order valence-electron chi connectivity index (χ1n) is 10.6. The summed E-state index contributed by atoms with van der Waals surface area (Å²) in [6.45, 7) is 4.81. The highest BCUT2D eigenvalue weighted by Crippen LogP contribution is 2.33. The van der Waals surface area contributed by atoms with Gasteiger partial charge in [-0.15, -0.1) is 0 Å². The van der Waals surface area contributed by atoms with Gasteiger partial charge in [-0.1, -0.05) is 6.92 Å². The molecule has 1 atom stereocenters. The Labute approximate surface area is 177 Å². The number of aromatic nitrogens is 1. The van der Waals surface area contributed by atoms with Gasteiger partial charge in [-0.25, -0.2) is 0 Å². The molecule has 7 heteroatoms. The zero-order chi connectivity index (χ0) is 21.3. The topological polar surface area (TPSA) is 64.0 Å². The number of benzene rings is 1. The number of nitrogens with zero attached hydrogens (tertiary/aromatic N) is 3. The number of fused-ring (bicyclic) bond motifs is 1. The van der Waals surface area contributed by atoms with Gasteiger partial charge in [-0.05, 0) is 56.5 Å². The minimum absolute atomic E-state index is 0.00640. The van der Waals surface area contributed by atoms with Crippen molar-refractivity contribution in [2.45, 2.75) is 51.7 Å². The van der Waals surface area contributed by atoms with Crippen molar-refractivity contribution in [2.75, 3.05) is 13.3 Å². The summed E-state index contributed by atoms with van der Waals surface area (Å²) in [7, 11) is 1.99. The highest BCUT2D eigenvalue weighted by molar-refractivity contribution is 5.97. The normalized spacial score (nSPS) is 15.7. The number of rotatable bonds is 8. The van der Waals surface area contributed by atoms with Crippen LogP contribution in [0.1, 0.15) is 49.2 Å². The average Bonchev–Trinajstić information content (AvgIpc) is 3.34. The Hall–Kier alpha value is -2.96. The second-order valence-electron chi connectivity index (χ2n) is 8.12. The Morgan fingerprint density at radius 1 is 1.20 bits per heavy atom. The van der Waals surface area contributed by atoms with Crippen molar-refractivity contribution in [2.24, 2.45) is 7.05 Å². The molecular formula is C23H29N3O4. The van der Waals surface area contributed by atoms with Crippen LogP contribution in [0, 0.1) is 0 Å². The number of carbonyl (C=O) groups is 2. The molecule has 0 unspecified atom stereocenters. The van der Waals surface area contributed by atoms with Crippen molar-refractivity contribution in [1.82, 2.24) is 14.4 Å². The van der Waals surface area contributed by atoms with Crippen molar-refractivity contribution in [3.05, 3.63) is 47.8 Å². The van der Waals surface area contributed by atoms with E-state index < -0.39 is 0 Å². The van der Waals surface area contributed by atoms with Gasteiger partial charge in [0.25, 0.3) is 5.91 Å². The fourth-order valence-corrected chi connectivity index (χ4v) is 3.72. The summed E-state index contributed by atoms with van der Waals surface area (Å²) in [5.41, 5.74) is 1.60. The van der Waals surface area contributed by atoms with E-state index in [1.54, 1.807) is 23.1 Å². The highest BCUT2D eigenvalue weighted by atomic mass is 16.7. The number of hydrogen-bond donors (Lipinski definition) is 0. The fraction of sp³-hybridized carbons (Fsp3) is 0.478. The molecule has 0 N–H and O–H groups in total. The maximum Gasteiger partial charge on any atom is 0.254 e. The molecule has 1 fully saturated rings. The van der Waals surface area contributed by atoms with Crippen molar-refractivity contribution >= 4 is 11.8 Å². The van der Waals surface area contributed by atoms with Crippen LogP contribution < -0.4 is 9.47 Å². The summed E-state index contributed by atoms with van der Waals surface area (Å²) in [5, 5.41) is 0. The number of hydrogen-bond acceptors (Lipinski definition) is 4. The number of ether oxygens (including phenoxy) is 2. The minimum Gasteiger partial charge on any atom is -0.454 e. The maximum absolute atomic E-state index is 13.3. The highest BCUT2D eigenvalue weighted by Gasteiger charge is 2.35. The SMILES string of the molecule is CC[C@H](C)N(CC(=O)N(Cc1cccn1C)C1CC1)C(=O)c1ccc2c(c1)OCO2. The Bertz CT molecular complexity index is 934. The van der Waals surface area contributed by atoms with Gasteiger partial charge in [0, 0.05) is 36.6 Å². The fourth-order valence-electron chi connectivity index (χ4n) is 3.72. The summed E-state index contributed by atoms with van der Waals surface area (Å²) in [5.74, 6) is 1.04. The van der Waals surface area contributed by atoms with Crippen LogP contribution in [0.25, 0.3) is 0 Å². The van der Waals surface area contributed by atoms with Crippen LogP contribution in [-0.4, -0.2) is 51.6 Å². The van der Waals surface area contributed by atoms with Crippen molar-refractivity contribution in [3.63, 3.8) is 0 Å². The molecule has 0 saturated heterocycles. The van der Waals surface area contributed by atoms with E-state index in [-0.39, 0.29) is 37.2 Å². The molecular weight excluding hydrogens is 382 g/mol. The van der Waals surface area contributed by atoms with Crippen molar-refractivity contribution in [3.8, 4) is 11.5 Å². The number of amides is 2. The third-order valence-corrected chi connectivity index (χ3v) is 6.00.